The topological polar surface area (TPSA) is 80.1 Å². The Balaban J connectivity index is 1.32. The highest BCUT2D eigenvalue weighted by Crippen LogP contribution is 2.31. The summed E-state index contributed by atoms with van der Waals surface area (Å²) in [7, 11) is 0. The maximum absolute atomic E-state index is 12.7. The maximum Gasteiger partial charge on any atom is 0.256 e. The second kappa shape index (κ2) is 8.12. The monoisotopic (exact) mass is 421 g/mol. The van der Waals surface area contributed by atoms with Gasteiger partial charge in [-0.3, -0.25) is 14.2 Å². The molecule has 0 radical (unpaired) electrons. The molecule has 1 unspecified atom stereocenters. The number of aromatic nitrogens is 3. The van der Waals surface area contributed by atoms with E-state index in [-0.39, 0.29) is 11.5 Å². The van der Waals surface area contributed by atoms with E-state index in [0.717, 1.165) is 17.1 Å². The van der Waals surface area contributed by atoms with Crippen LogP contribution < -0.4 is 10.9 Å². The predicted octanol–water partition coefficient (Wildman–Crippen LogP) is 2.43. The third kappa shape index (κ3) is 3.80. The molecule has 0 saturated carbocycles. The molecule has 30 heavy (non-hydrogen) atoms. The molecule has 0 aliphatic carbocycles. The van der Waals surface area contributed by atoms with Gasteiger partial charge in [-0.15, -0.1) is 10.2 Å². The van der Waals surface area contributed by atoms with Gasteiger partial charge in [0, 0.05) is 30.9 Å². The van der Waals surface area contributed by atoms with Gasteiger partial charge in [-0.1, -0.05) is 41.7 Å². The minimum absolute atomic E-state index is 0.159. The minimum atomic E-state index is -0.236. The molecule has 3 fully saturated rings. The molecule has 1 N–H and O–H groups in total. The number of pyridine rings is 1. The second-order valence-corrected chi connectivity index (χ2v) is 8.95. The van der Waals surface area contributed by atoms with Crippen LogP contribution in [0.4, 0.5) is 0 Å². The first-order valence-corrected chi connectivity index (χ1v) is 11.1. The lowest BCUT2D eigenvalue weighted by molar-refractivity contribution is 0.0496. The van der Waals surface area contributed by atoms with Gasteiger partial charge in [0.25, 0.3) is 11.5 Å². The number of carbonyl (C=O) groups excluding carboxylic acids is 1. The van der Waals surface area contributed by atoms with Crippen LogP contribution in [-0.4, -0.2) is 51.8 Å². The molecule has 3 aliphatic rings. The Morgan fingerprint density at radius 1 is 1.10 bits per heavy atom. The van der Waals surface area contributed by atoms with Gasteiger partial charge in [0.1, 0.15) is 5.01 Å². The van der Waals surface area contributed by atoms with E-state index in [1.807, 2.05) is 30.3 Å². The van der Waals surface area contributed by atoms with Crippen LogP contribution in [0.2, 0.25) is 0 Å². The van der Waals surface area contributed by atoms with Gasteiger partial charge in [-0.25, -0.2) is 0 Å². The Kier molecular flexibility index (Phi) is 5.18. The number of carbonyl (C=O) groups is 1. The van der Waals surface area contributed by atoms with Gasteiger partial charge in [0.15, 0.2) is 0 Å². The first-order valence-electron chi connectivity index (χ1n) is 10.3. The lowest BCUT2D eigenvalue weighted by Gasteiger charge is -2.44. The first-order chi connectivity index (χ1) is 14.7. The van der Waals surface area contributed by atoms with Gasteiger partial charge in [0.05, 0.1) is 5.56 Å². The van der Waals surface area contributed by atoms with E-state index in [4.69, 9.17) is 0 Å². The van der Waals surface area contributed by atoms with Crippen molar-refractivity contribution in [1.82, 2.24) is 25.0 Å². The summed E-state index contributed by atoms with van der Waals surface area (Å²) in [6.45, 7) is 4.12. The molecule has 2 bridgehead atoms. The lowest BCUT2D eigenvalue weighted by Crippen LogP contribution is -2.50. The first kappa shape index (κ1) is 19.1. The van der Waals surface area contributed by atoms with Crippen LogP contribution in [0, 0.1) is 11.8 Å². The summed E-state index contributed by atoms with van der Waals surface area (Å²) in [6, 6.07) is 12.7. The number of nitrogens with one attached hydrogen (secondary N) is 1. The van der Waals surface area contributed by atoms with E-state index in [0.29, 0.717) is 29.1 Å². The zero-order chi connectivity index (χ0) is 20.5. The Labute approximate surface area is 178 Å². The van der Waals surface area contributed by atoms with Crippen LogP contribution in [0.5, 0.6) is 0 Å². The van der Waals surface area contributed by atoms with E-state index in [2.05, 4.69) is 20.4 Å². The fraction of sp³-hybridized carbons (Fsp3) is 0.364. The van der Waals surface area contributed by atoms with Crippen molar-refractivity contribution in [2.75, 3.05) is 26.2 Å². The van der Waals surface area contributed by atoms with E-state index < -0.39 is 0 Å². The van der Waals surface area contributed by atoms with Crippen molar-refractivity contribution in [3.63, 3.8) is 0 Å². The number of hydrogen-bond acceptors (Lipinski definition) is 6. The molecule has 3 aliphatic heterocycles. The van der Waals surface area contributed by atoms with Crippen LogP contribution in [-0.2, 0) is 0 Å². The molecule has 2 aromatic heterocycles. The van der Waals surface area contributed by atoms with Crippen molar-refractivity contribution in [2.24, 2.45) is 11.8 Å². The zero-order valence-corrected chi connectivity index (χ0v) is 17.3. The summed E-state index contributed by atoms with van der Waals surface area (Å²) < 4.78 is 1.40. The molecule has 1 atom stereocenters. The van der Waals surface area contributed by atoms with Crippen LogP contribution in [0.1, 0.15) is 23.2 Å². The summed E-state index contributed by atoms with van der Waals surface area (Å²) >= 11 is 1.32. The number of benzene rings is 1. The minimum Gasteiger partial charge on any atom is -0.352 e. The summed E-state index contributed by atoms with van der Waals surface area (Å²) in [6.07, 6.45) is 4.02. The molecule has 0 spiro atoms. The number of piperidine rings is 3. The number of fused-ring (bicyclic) bond motifs is 3. The van der Waals surface area contributed by atoms with Crippen molar-refractivity contribution in [3.05, 3.63) is 64.6 Å². The summed E-state index contributed by atoms with van der Waals surface area (Å²) in [5, 5.41) is 12.6. The zero-order valence-electron chi connectivity index (χ0n) is 16.5. The van der Waals surface area contributed by atoms with E-state index in [9.17, 15) is 9.59 Å². The van der Waals surface area contributed by atoms with Crippen molar-refractivity contribution in [1.29, 1.82) is 0 Å². The van der Waals surface area contributed by atoms with Gasteiger partial charge in [-0.05, 0) is 43.8 Å². The molecule has 3 aromatic rings. The molecule has 154 valence electrons. The molecule has 3 saturated heterocycles. The average Bonchev–Trinajstić information content (AvgIpc) is 3.29. The number of rotatable bonds is 5. The van der Waals surface area contributed by atoms with Crippen LogP contribution in [0.25, 0.3) is 15.7 Å². The van der Waals surface area contributed by atoms with Crippen molar-refractivity contribution >= 4 is 17.2 Å². The molecule has 6 rings (SSSR count). The third-order valence-electron chi connectivity index (χ3n) is 6.13. The Bertz CT molecular complexity index is 1100. The van der Waals surface area contributed by atoms with E-state index in [1.54, 1.807) is 12.3 Å². The third-order valence-corrected chi connectivity index (χ3v) is 7.10. The van der Waals surface area contributed by atoms with Gasteiger partial charge in [-0.2, -0.15) is 0 Å². The van der Waals surface area contributed by atoms with Crippen molar-refractivity contribution in [3.8, 4) is 15.7 Å². The van der Waals surface area contributed by atoms with Gasteiger partial charge >= 0.3 is 0 Å². The fourth-order valence-electron chi connectivity index (χ4n) is 4.43. The highest BCUT2D eigenvalue weighted by Gasteiger charge is 2.34. The smallest absolute Gasteiger partial charge is 0.256 e. The van der Waals surface area contributed by atoms with E-state index in [1.165, 1.54) is 47.9 Å². The largest absolute Gasteiger partial charge is 0.352 e. The van der Waals surface area contributed by atoms with Crippen LogP contribution >= 0.6 is 11.3 Å². The molecular weight excluding hydrogens is 398 g/mol. The van der Waals surface area contributed by atoms with Crippen molar-refractivity contribution < 1.29 is 4.79 Å². The fourth-order valence-corrected chi connectivity index (χ4v) is 5.26. The quantitative estimate of drug-likeness (QED) is 0.684. The maximum atomic E-state index is 12.7. The lowest BCUT2D eigenvalue weighted by atomic mass is 9.79. The highest BCUT2D eigenvalue weighted by molar-refractivity contribution is 7.17. The number of nitrogens with zero attached hydrogens (tertiary/aromatic N) is 4. The Morgan fingerprint density at radius 3 is 2.63 bits per heavy atom. The molecule has 1 amide bonds. The molecule has 1 aromatic carbocycles. The Hall–Kier alpha value is -2.84. The average molecular weight is 422 g/mol. The molecule has 5 heterocycles. The summed E-state index contributed by atoms with van der Waals surface area (Å²) in [4.78, 5) is 27.6. The van der Waals surface area contributed by atoms with Gasteiger partial charge < -0.3 is 10.2 Å². The SMILES string of the molecule is O=C(NCC1CN2CCC1CC2)c1ccc(=O)n(-c2nnc(-c3ccccc3)s2)c1. The van der Waals surface area contributed by atoms with Gasteiger partial charge in [0.2, 0.25) is 5.13 Å². The molecular formula is C22H23N5O2S. The number of amides is 1. The number of hydrogen-bond donors (Lipinski definition) is 1. The Morgan fingerprint density at radius 2 is 1.90 bits per heavy atom. The summed E-state index contributed by atoms with van der Waals surface area (Å²) in [5.41, 5.74) is 1.16. The normalized spacial score (nSPS) is 22.7. The van der Waals surface area contributed by atoms with Crippen LogP contribution in [0.3, 0.4) is 0 Å². The van der Waals surface area contributed by atoms with E-state index >= 15 is 0 Å². The standard InChI is InChI=1S/C22H23N5O2S/c28-19-7-6-17(20(29)23-12-18-13-26-10-8-15(18)9-11-26)14-27(19)22-25-24-21(30-22)16-4-2-1-3-5-16/h1-7,14-15,18H,8-13H2,(H,23,29). The predicted molar refractivity (Wildman–Crippen MR) is 116 cm³/mol. The van der Waals surface area contributed by atoms with Crippen molar-refractivity contribution in [2.45, 2.75) is 12.8 Å². The molecule has 8 heteroatoms. The summed E-state index contributed by atoms with van der Waals surface area (Å²) in [5.74, 6) is 1.06. The highest BCUT2D eigenvalue weighted by atomic mass is 32.1. The molecule has 7 nitrogen and oxygen atoms in total. The van der Waals surface area contributed by atoms with Crippen LogP contribution in [0.15, 0.2) is 53.5 Å². The second-order valence-electron chi connectivity index (χ2n) is 7.99.